The van der Waals surface area contributed by atoms with E-state index >= 15 is 0 Å². The smallest absolute Gasteiger partial charge is 0.229 e. The quantitative estimate of drug-likeness (QED) is 0.899. The van der Waals surface area contributed by atoms with Gasteiger partial charge >= 0.3 is 0 Å². The van der Waals surface area contributed by atoms with Gasteiger partial charge in [-0.2, -0.15) is 0 Å². The van der Waals surface area contributed by atoms with E-state index in [9.17, 15) is 4.79 Å². The lowest BCUT2D eigenvalue weighted by molar-refractivity contribution is -0.120. The van der Waals surface area contributed by atoms with Crippen molar-refractivity contribution < 1.29 is 4.79 Å². The minimum absolute atomic E-state index is 0.00244. The molecule has 3 N–H and O–H groups in total. The summed E-state index contributed by atoms with van der Waals surface area (Å²) in [6.45, 7) is 0. The van der Waals surface area contributed by atoms with Gasteiger partial charge in [0, 0.05) is 29.8 Å². The maximum absolute atomic E-state index is 12.2. The van der Waals surface area contributed by atoms with Crippen molar-refractivity contribution >= 4 is 11.6 Å². The standard InChI is InChI=1S/C16H19N3O/c17-15-8-4-7-14(15)16(20)18-12-5-3-6-13(11-12)19-9-1-2-10-19/h1-3,5-6,9-11,14-15H,4,7-8,17H2,(H,18,20). The first-order chi connectivity index (χ1) is 9.74. The molecular formula is C16H19N3O. The van der Waals surface area contributed by atoms with E-state index in [4.69, 9.17) is 5.73 Å². The molecule has 2 aromatic rings. The Morgan fingerprint density at radius 3 is 2.70 bits per heavy atom. The summed E-state index contributed by atoms with van der Waals surface area (Å²) < 4.78 is 2.01. The monoisotopic (exact) mass is 269 g/mol. The number of aromatic nitrogens is 1. The summed E-state index contributed by atoms with van der Waals surface area (Å²) in [4.78, 5) is 12.2. The molecule has 1 aliphatic carbocycles. The number of nitrogens with one attached hydrogen (secondary N) is 1. The minimum Gasteiger partial charge on any atom is -0.327 e. The molecule has 104 valence electrons. The number of nitrogens with zero attached hydrogens (tertiary/aromatic N) is 1. The lowest BCUT2D eigenvalue weighted by Crippen LogP contribution is -2.34. The second kappa shape index (κ2) is 5.51. The molecule has 1 fully saturated rings. The minimum atomic E-state index is -0.0507. The molecule has 1 aliphatic rings. The average molecular weight is 269 g/mol. The third-order valence-corrected chi connectivity index (χ3v) is 3.92. The van der Waals surface area contributed by atoms with Crippen LogP contribution < -0.4 is 11.1 Å². The van der Waals surface area contributed by atoms with Crippen LogP contribution >= 0.6 is 0 Å². The second-order valence-corrected chi connectivity index (χ2v) is 5.33. The van der Waals surface area contributed by atoms with E-state index in [0.29, 0.717) is 0 Å². The number of rotatable bonds is 3. The number of anilines is 1. The Morgan fingerprint density at radius 1 is 1.20 bits per heavy atom. The van der Waals surface area contributed by atoms with Crippen LogP contribution in [0.25, 0.3) is 5.69 Å². The van der Waals surface area contributed by atoms with Gasteiger partial charge in [0.1, 0.15) is 0 Å². The van der Waals surface area contributed by atoms with Crippen LogP contribution in [0.4, 0.5) is 5.69 Å². The number of carbonyl (C=O) groups excluding carboxylic acids is 1. The number of amides is 1. The molecule has 0 bridgehead atoms. The first-order valence-electron chi connectivity index (χ1n) is 7.04. The molecule has 1 heterocycles. The topological polar surface area (TPSA) is 60.1 Å². The molecule has 1 aromatic carbocycles. The largest absolute Gasteiger partial charge is 0.327 e. The highest BCUT2D eigenvalue weighted by Gasteiger charge is 2.30. The van der Waals surface area contributed by atoms with Crippen molar-refractivity contribution in [3.8, 4) is 5.69 Å². The van der Waals surface area contributed by atoms with Crippen LogP contribution in [0.1, 0.15) is 19.3 Å². The van der Waals surface area contributed by atoms with E-state index in [2.05, 4.69) is 5.32 Å². The van der Waals surface area contributed by atoms with Crippen LogP contribution in [-0.4, -0.2) is 16.5 Å². The maximum Gasteiger partial charge on any atom is 0.229 e. The van der Waals surface area contributed by atoms with Gasteiger partial charge < -0.3 is 15.6 Å². The van der Waals surface area contributed by atoms with E-state index in [1.165, 1.54) is 0 Å². The summed E-state index contributed by atoms with van der Waals surface area (Å²) in [5.41, 5.74) is 7.83. The zero-order valence-corrected chi connectivity index (χ0v) is 11.3. The molecule has 1 saturated carbocycles. The molecule has 0 saturated heterocycles. The van der Waals surface area contributed by atoms with Gasteiger partial charge in [-0.1, -0.05) is 12.5 Å². The van der Waals surface area contributed by atoms with E-state index < -0.39 is 0 Å². The fourth-order valence-corrected chi connectivity index (χ4v) is 2.80. The zero-order valence-electron chi connectivity index (χ0n) is 11.3. The van der Waals surface area contributed by atoms with Gasteiger partial charge in [0.25, 0.3) is 0 Å². The molecule has 3 rings (SSSR count). The van der Waals surface area contributed by atoms with Crippen LogP contribution in [0, 0.1) is 5.92 Å². The van der Waals surface area contributed by atoms with Gasteiger partial charge in [0.15, 0.2) is 0 Å². The van der Waals surface area contributed by atoms with Gasteiger partial charge in [-0.15, -0.1) is 0 Å². The summed E-state index contributed by atoms with van der Waals surface area (Å²) in [6.07, 6.45) is 6.84. The fraction of sp³-hybridized carbons (Fsp3) is 0.312. The fourth-order valence-electron chi connectivity index (χ4n) is 2.80. The maximum atomic E-state index is 12.2. The predicted octanol–water partition coefficient (Wildman–Crippen LogP) is 2.54. The molecule has 0 radical (unpaired) electrons. The highest BCUT2D eigenvalue weighted by atomic mass is 16.1. The third-order valence-electron chi connectivity index (χ3n) is 3.92. The van der Waals surface area contributed by atoms with Gasteiger partial charge in [-0.3, -0.25) is 4.79 Å². The van der Waals surface area contributed by atoms with E-state index in [0.717, 1.165) is 30.6 Å². The summed E-state index contributed by atoms with van der Waals surface area (Å²) in [6, 6.07) is 11.8. The molecule has 4 heteroatoms. The van der Waals surface area contributed by atoms with Crippen LogP contribution in [0.3, 0.4) is 0 Å². The van der Waals surface area contributed by atoms with Gasteiger partial charge in [-0.25, -0.2) is 0 Å². The zero-order chi connectivity index (χ0) is 13.9. The lowest BCUT2D eigenvalue weighted by Gasteiger charge is -2.15. The van der Waals surface area contributed by atoms with E-state index in [1.807, 2.05) is 53.4 Å². The van der Waals surface area contributed by atoms with Crippen molar-refractivity contribution in [1.29, 1.82) is 0 Å². The average Bonchev–Trinajstić information content (AvgIpc) is 3.09. The summed E-state index contributed by atoms with van der Waals surface area (Å²) >= 11 is 0. The molecule has 4 nitrogen and oxygen atoms in total. The molecule has 20 heavy (non-hydrogen) atoms. The number of hydrogen-bond acceptors (Lipinski definition) is 2. The highest BCUT2D eigenvalue weighted by Crippen LogP contribution is 2.25. The summed E-state index contributed by atoms with van der Waals surface area (Å²) in [5, 5.41) is 2.98. The number of hydrogen-bond donors (Lipinski definition) is 2. The summed E-state index contributed by atoms with van der Waals surface area (Å²) in [5.74, 6) is -0.00936. The Bertz CT molecular complexity index is 592. The summed E-state index contributed by atoms with van der Waals surface area (Å²) in [7, 11) is 0. The van der Waals surface area contributed by atoms with Crippen LogP contribution in [0.2, 0.25) is 0 Å². The van der Waals surface area contributed by atoms with Gasteiger partial charge in [0.05, 0.1) is 5.92 Å². The Kier molecular flexibility index (Phi) is 3.56. The van der Waals surface area contributed by atoms with Crippen molar-refractivity contribution in [1.82, 2.24) is 4.57 Å². The van der Waals surface area contributed by atoms with Crippen molar-refractivity contribution in [2.45, 2.75) is 25.3 Å². The van der Waals surface area contributed by atoms with Crippen LogP contribution in [-0.2, 0) is 4.79 Å². The Hall–Kier alpha value is -2.07. The Balaban J connectivity index is 1.74. The van der Waals surface area contributed by atoms with E-state index in [-0.39, 0.29) is 17.9 Å². The van der Waals surface area contributed by atoms with Crippen LogP contribution in [0.15, 0.2) is 48.8 Å². The van der Waals surface area contributed by atoms with Crippen molar-refractivity contribution in [2.24, 2.45) is 11.7 Å². The molecular weight excluding hydrogens is 250 g/mol. The molecule has 2 atom stereocenters. The first kappa shape index (κ1) is 12.9. The number of carbonyl (C=O) groups is 1. The Labute approximate surface area is 118 Å². The SMILES string of the molecule is NC1CCCC1C(=O)Nc1cccc(-n2cccc2)c1. The normalized spacial score (nSPS) is 21.9. The van der Waals surface area contributed by atoms with Crippen molar-refractivity contribution in [2.75, 3.05) is 5.32 Å². The molecule has 1 amide bonds. The lowest BCUT2D eigenvalue weighted by atomic mass is 10.0. The highest BCUT2D eigenvalue weighted by molar-refractivity contribution is 5.93. The van der Waals surface area contributed by atoms with Gasteiger partial charge in [0.2, 0.25) is 5.91 Å². The number of nitrogens with two attached hydrogens (primary N) is 1. The molecule has 0 aliphatic heterocycles. The van der Waals surface area contributed by atoms with Crippen molar-refractivity contribution in [3.63, 3.8) is 0 Å². The van der Waals surface area contributed by atoms with Crippen LogP contribution in [0.5, 0.6) is 0 Å². The molecule has 0 spiro atoms. The second-order valence-electron chi connectivity index (χ2n) is 5.33. The van der Waals surface area contributed by atoms with Crippen molar-refractivity contribution in [3.05, 3.63) is 48.8 Å². The first-order valence-corrected chi connectivity index (χ1v) is 7.04. The Morgan fingerprint density at radius 2 is 2.00 bits per heavy atom. The number of benzene rings is 1. The molecule has 1 aromatic heterocycles. The van der Waals surface area contributed by atoms with Gasteiger partial charge in [-0.05, 0) is 43.2 Å². The molecule has 2 unspecified atom stereocenters. The third kappa shape index (κ3) is 2.60. The predicted molar refractivity (Wildman–Crippen MR) is 79.7 cm³/mol. The van der Waals surface area contributed by atoms with E-state index in [1.54, 1.807) is 0 Å².